The summed E-state index contributed by atoms with van der Waals surface area (Å²) < 4.78 is 1.93. The average molecular weight is 538 g/mol. The number of hydrogen-bond donors (Lipinski definition) is 0. The van der Waals surface area contributed by atoms with Crippen molar-refractivity contribution in [3.05, 3.63) is 52.5 Å². The van der Waals surface area contributed by atoms with E-state index in [9.17, 15) is 14.4 Å². The molecule has 168 valence electrons. The zero-order valence-corrected chi connectivity index (χ0v) is 20.8. The van der Waals surface area contributed by atoms with Gasteiger partial charge in [0.15, 0.2) is 5.13 Å². The Morgan fingerprint density at radius 1 is 1.09 bits per heavy atom. The summed E-state index contributed by atoms with van der Waals surface area (Å²) in [7, 11) is 3.90. The standard InChI is InChI=1S/C22H21BrN4O3S.ClH/c1-25(2)10-11-26(22-24-17-7-6-15(23)13-18(17)31-22)21(30)14-4-3-5-16(12-14)27-19(28)8-9-20(27)29;/h3-7,12-13H,8-11H2,1-2H3;1H. The maximum absolute atomic E-state index is 13.5. The lowest BCUT2D eigenvalue weighted by Crippen LogP contribution is -2.37. The van der Waals surface area contributed by atoms with Crippen LogP contribution >= 0.6 is 39.7 Å². The Bertz CT molecular complexity index is 1170. The fourth-order valence-corrected chi connectivity index (χ4v) is 4.93. The van der Waals surface area contributed by atoms with E-state index < -0.39 is 0 Å². The van der Waals surface area contributed by atoms with Gasteiger partial charge in [-0.3, -0.25) is 24.2 Å². The van der Waals surface area contributed by atoms with Crippen molar-refractivity contribution in [1.82, 2.24) is 9.88 Å². The summed E-state index contributed by atoms with van der Waals surface area (Å²) in [5, 5.41) is 0.610. The molecule has 0 bridgehead atoms. The van der Waals surface area contributed by atoms with Crippen molar-refractivity contribution in [3.8, 4) is 0 Å². The first-order valence-electron chi connectivity index (χ1n) is 9.82. The number of amides is 3. The molecule has 0 saturated carbocycles. The van der Waals surface area contributed by atoms with E-state index in [1.165, 1.54) is 11.3 Å². The van der Waals surface area contributed by atoms with Gasteiger partial charge in [0, 0.05) is 36.0 Å². The molecule has 0 spiro atoms. The minimum atomic E-state index is -0.240. The van der Waals surface area contributed by atoms with Crippen molar-refractivity contribution in [2.75, 3.05) is 37.0 Å². The highest BCUT2D eigenvalue weighted by Crippen LogP contribution is 2.32. The zero-order valence-electron chi connectivity index (χ0n) is 17.6. The van der Waals surface area contributed by atoms with Crippen molar-refractivity contribution in [3.63, 3.8) is 0 Å². The summed E-state index contributed by atoms with van der Waals surface area (Å²) in [5.41, 5.74) is 1.66. The highest BCUT2D eigenvalue weighted by atomic mass is 79.9. The van der Waals surface area contributed by atoms with E-state index in [4.69, 9.17) is 0 Å². The number of aromatic nitrogens is 1. The quantitative estimate of drug-likeness (QED) is 0.437. The molecular formula is C22H22BrClN4O3S. The molecule has 0 N–H and O–H groups in total. The molecule has 7 nitrogen and oxygen atoms in total. The summed E-state index contributed by atoms with van der Waals surface area (Å²) >= 11 is 4.93. The minimum Gasteiger partial charge on any atom is -0.308 e. The number of rotatable bonds is 6. The maximum atomic E-state index is 13.5. The Kier molecular flexibility index (Phi) is 7.66. The van der Waals surface area contributed by atoms with E-state index in [0.29, 0.717) is 29.5 Å². The second-order valence-electron chi connectivity index (χ2n) is 7.54. The Balaban J connectivity index is 0.00000289. The fourth-order valence-electron chi connectivity index (χ4n) is 3.38. The van der Waals surface area contributed by atoms with Crippen LogP contribution in [0, 0.1) is 0 Å². The van der Waals surface area contributed by atoms with Crippen LogP contribution in [-0.2, 0) is 9.59 Å². The van der Waals surface area contributed by atoms with Gasteiger partial charge in [0.25, 0.3) is 5.91 Å². The molecule has 0 atom stereocenters. The molecule has 1 saturated heterocycles. The minimum absolute atomic E-state index is 0. The first-order valence-corrected chi connectivity index (χ1v) is 11.4. The molecule has 32 heavy (non-hydrogen) atoms. The Labute approximate surface area is 204 Å². The number of anilines is 2. The molecule has 2 aromatic carbocycles. The predicted molar refractivity (Wildman–Crippen MR) is 133 cm³/mol. The van der Waals surface area contributed by atoms with Crippen LogP contribution in [0.5, 0.6) is 0 Å². The molecule has 2 heterocycles. The third-order valence-electron chi connectivity index (χ3n) is 4.99. The SMILES string of the molecule is CN(C)CCN(C(=O)c1cccc(N2C(=O)CCC2=O)c1)c1nc2ccc(Br)cc2s1.Cl. The third-order valence-corrected chi connectivity index (χ3v) is 6.52. The first kappa shape index (κ1) is 24.3. The van der Waals surface area contributed by atoms with Crippen LogP contribution in [0.3, 0.4) is 0 Å². The van der Waals surface area contributed by atoms with Gasteiger partial charge >= 0.3 is 0 Å². The third kappa shape index (κ3) is 5.01. The largest absolute Gasteiger partial charge is 0.308 e. The van der Waals surface area contributed by atoms with E-state index in [-0.39, 0.29) is 43.0 Å². The number of carbonyl (C=O) groups is 3. The van der Waals surface area contributed by atoms with E-state index in [1.807, 2.05) is 37.2 Å². The topological polar surface area (TPSA) is 73.8 Å². The summed E-state index contributed by atoms with van der Waals surface area (Å²) in [6.45, 7) is 1.12. The number of carbonyl (C=O) groups excluding carboxylic acids is 3. The molecule has 10 heteroatoms. The van der Waals surface area contributed by atoms with Gasteiger partial charge in [0.2, 0.25) is 11.8 Å². The van der Waals surface area contributed by atoms with Crippen LogP contribution in [0.2, 0.25) is 0 Å². The van der Waals surface area contributed by atoms with Crippen molar-refractivity contribution in [1.29, 1.82) is 0 Å². The molecule has 0 aliphatic carbocycles. The number of hydrogen-bond acceptors (Lipinski definition) is 6. The number of likely N-dealkylation sites (N-methyl/N-ethyl adjacent to an activating group) is 1. The highest BCUT2D eigenvalue weighted by Gasteiger charge is 2.31. The fraction of sp³-hybridized carbons (Fsp3) is 0.273. The molecule has 1 aromatic heterocycles. The number of fused-ring (bicyclic) bond motifs is 1. The summed E-state index contributed by atoms with van der Waals surface area (Å²) in [4.78, 5) is 47.2. The van der Waals surface area contributed by atoms with Crippen LogP contribution in [0.25, 0.3) is 10.2 Å². The molecule has 0 unspecified atom stereocenters. The lowest BCUT2D eigenvalue weighted by atomic mass is 10.1. The molecule has 1 aliphatic rings. The first-order chi connectivity index (χ1) is 14.8. The zero-order chi connectivity index (χ0) is 22.1. The van der Waals surface area contributed by atoms with Gasteiger partial charge in [0.1, 0.15) is 0 Å². The number of thiazole rings is 1. The Morgan fingerprint density at radius 3 is 2.50 bits per heavy atom. The summed E-state index contributed by atoms with van der Waals surface area (Å²) in [6.07, 6.45) is 0.403. The van der Waals surface area contributed by atoms with Gasteiger partial charge in [-0.2, -0.15) is 0 Å². The van der Waals surface area contributed by atoms with Gasteiger partial charge in [0.05, 0.1) is 15.9 Å². The van der Waals surface area contributed by atoms with E-state index in [1.54, 1.807) is 29.2 Å². The molecule has 1 aliphatic heterocycles. The van der Waals surface area contributed by atoms with Gasteiger partial charge in [-0.25, -0.2) is 4.98 Å². The Morgan fingerprint density at radius 2 is 1.81 bits per heavy atom. The monoisotopic (exact) mass is 536 g/mol. The number of nitrogens with zero attached hydrogens (tertiary/aromatic N) is 4. The number of imide groups is 1. The molecular weight excluding hydrogens is 516 g/mol. The molecule has 4 rings (SSSR count). The van der Waals surface area contributed by atoms with Gasteiger partial charge in [-0.15, -0.1) is 12.4 Å². The molecule has 3 amide bonds. The summed E-state index contributed by atoms with van der Waals surface area (Å²) in [5.74, 6) is -0.701. The lowest BCUT2D eigenvalue weighted by Gasteiger charge is -2.22. The second-order valence-corrected chi connectivity index (χ2v) is 9.47. The molecule has 3 aromatic rings. The van der Waals surface area contributed by atoms with Crippen LogP contribution in [0.1, 0.15) is 23.2 Å². The van der Waals surface area contributed by atoms with Crippen LogP contribution in [0.4, 0.5) is 10.8 Å². The van der Waals surface area contributed by atoms with Crippen molar-refractivity contribution in [2.24, 2.45) is 0 Å². The number of halogens is 2. The lowest BCUT2D eigenvalue weighted by molar-refractivity contribution is -0.121. The molecule has 1 fully saturated rings. The predicted octanol–water partition coefficient (Wildman–Crippen LogP) is 4.34. The average Bonchev–Trinajstić information content (AvgIpc) is 3.30. The van der Waals surface area contributed by atoms with E-state index >= 15 is 0 Å². The van der Waals surface area contributed by atoms with Crippen LogP contribution in [0.15, 0.2) is 46.9 Å². The number of benzene rings is 2. The van der Waals surface area contributed by atoms with Crippen LogP contribution in [-0.4, -0.2) is 54.8 Å². The van der Waals surface area contributed by atoms with Crippen molar-refractivity contribution < 1.29 is 14.4 Å². The van der Waals surface area contributed by atoms with Gasteiger partial charge in [-0.05, 0) is 50.5 Å². The summed E-state index contributed by atoms with van der Waals surface area (Å²) in [6, 6.07) is 12.5. The maximum Gasteiger partial charge on any atom is 0.260 e. The highest BCUT2D eigenvalue weighted by molar-refractivity contribution is 9.10. The van der Waals surface area contributed by atoms with Gasteiger partial charge < -0.3 is 4.90 Å². The smallest absolute Gasteiger partial charge is 0.260 e. The van der Waals surface area contributed by atoms with Gasteiger partial charge in [-0.1, -0.05) is 33.3 Å². The molecule has 0 radical (unpaired) electrons. The van der Waals surface area contributed by atoms with E-state index in [2.05, 4.69) is 20.9 Å². The van der Waals surface area contributed by atoms with Crippen molar-refractivity contribution >= 4 is 78.4 Å². The van der Waals surface area contributed by atoms with Crippen LogP contribution < -0.4 is 9.80 Å². The second kappa shape index (κ2) is 10.1. The van der Waals surface area contributed by atoms with Crippen molar-refractivity contribution in [2.45, 2.75) is 12.8 Å². The normalized spacial score (nSPS) is 13.7. The van der Waals surface area contributed by atoms with E-state index in [0.717, 1.165) is 19.6 Å². The Hall–Kier alpha value is -2.33.